The first-order valence-electron chi connectivity index (χ1n) is 4.61. The van der Waals surface area contributed by atoms with E-state index in [-0.39, 0.29) is 0 Å². The summed E-state index contributed by atoms with van der Waals surface area (Å²) in [6.07, 6.45) is 0. The SMILES string of the molecule is O=S1(=O)CCN(Cc2cccs2)CC1. The second kappa shape index (κ2) is 4.00. The summed E-state index contributed by atoms with van der Waals surface area (Å²) in [7, 11) is -2.73. The topological polar surface area (TPSA) is 37.4 Å². The highest BCUT2D eigenvalue weighted by Crippen LogP contribution is 2.13. The predicted octanol–water partition coefficient (Wildman–Crippen LogP) is 0.978. The van der Waals surface area contributed by atoms with Crippen molar-refractivity contribution in [3.8, 4) is 0 Å². The standard InChI is InChI=1S/C9H13NO2S2/c11-14(12)6-3-10(4-7-14)8-9-2-1-5-13-9/h1-2,5H,3-4,6-8H2. The van der Waals surface area contributed by atoms with Crippen molar-refractivity contribution >= 4 is 21.2 Å². The van der Waals surface area contributed by atoms with Crippen molar-refractivity contribution in [3.63, 3.8) is 0 Å². The van der Waals surface area contributed by atoms with Crippen LogP contribution in [0.4, 0.5) is 0 Å². The van der Waals surface area contributed by atoms with E-state index in [9.17, 15) is 8.42 Å². The fraction of sp³-hybridized carbons (Fsp3) is 0.556. The first-order chi connectivity index (χ1) is 6.66. The summed E-state index contributed by atoms with van der Waals surface area (Å²) in [6, 6.07) is 4.12. The molecule has 1 fully saturated rings. The Kier molecular flexibility index (Phi) is 2.90. The van der Waals surface area contributed by atoms with Crippen molar-refractivity contribution in [2.24, 2.45) is 0 Å². The number of hydrogen-bond donors (Lipinski definition) is 0. The number of thiophene rings is 1. The van der Waals surface area contributed by atoms with Crippen LogP contribution in [-0.4, -0.2) is 37.9 Å². The summed E-state index contributed by atoms with van der Waals surface area (Å²) in [5.41, 5.74) is 0. The van der Waals surface area contributed by atoms with Gasteiger partial charge in [0.25, 0.3) is 0 Å². The molecule has 5 heteroatoms. The lowest BCUT2D eigenvalue weighted by Gasteiger charge is -2.25. The van der Waals surface area contributed by atoms with E-state index in [2.05, 4.69) is 16.3 Å². The summed E-state index contributed by atoms with van der Waals surface area (Å²) in [5.74, 6) is 0.636. The third-order valence-corrected chi connectivity index (χ3v) is 4.87. The van der Waals surface area contributed by atoms with Crippen LogP contribution in [0.1, 0.15) is 4.88 Å². The monoisotopic (exact) mass is 231 g/mol. The molecule has 1 aromatic heterocycles. The molecule has 0 radical (unpaired) electrons. The normalized spacial score (nSPS) is 22.3. The van der Waals surface area contributed by atoms with Gasteiger partial charge in [0, 0.05) is 24.5 Å². The minimum atomic E-state index is -2.73. The average Bonchev–Trinajstić information content (AvgIpc) is 2.61. The van der Waals surface area contributed by atoms with Crippen LogP contribution in [0.3, 0.4) is 0 Å². The van der Waals surface area contributed by atoms with E-state index in [4.69, 9.17) is 0 Å². The molecule has 2 heterocycles. The third kappa shape index (κ3) is 2.56. The summed E-state index contributed by atoms with van der Waals surface area (Å²) in [4.78, 5) is 3.51. The van der Waals surface area contributed by atoms with Crippen molar-refractivity contribution in [1.82, 2.24) is 4.90 Å². The lowest BCUT2D eigenvalue weighted by atomic mass is 10.4. The van der Waals surface area contributed by atoms with Crippen LogP contribution in [0.25, 0.3) is 0 Å². The summed E-state index contributed by atoms with van der Waals surface area (Å²) in [6.45, 7) is 2.26. The molecule has 0 aromatic carbocycles. The van der Waals surface area contributed by atoms with Gasteiger partial charge in [-0.3, -0.25) is 4.90 Å². The van der Waals surface area contributed by atoms with Crippen LogP contribution in [0, 0.1) is 0 Å². The van der Waals surface area contributed by atoms with Crippen LogP contribution in [0.15, 0.2) is 17.5 Å². The molecule has 1 aromatic rings. The van der Waals surface area contributed by atoms with Gasteiger partial charge in [-0.25, -0.2) is 8.42 Å². The van der Waals surface area contributed by atoms with Crippen molar-refractivity contribution in [2.45, 2.75) is 6.54 Å². The van der Waals surface area contributed by atoms with Gasteiger partial charge in [0.2, 0.25) is 0 Å². The fourth-order valence-corrected chi connectivity index (χ4v) is 3.55. The van der Waals surface area contributed by atoms with E-state index >= 15 is 0 Å². The smallest absolute Gasteiger partial charge is 0.152 e. The Morgan fingerprint density at radius 2 is 2.07 bits per heavy atom. The summed E-state index contributed by atoms with van der Waals surface area (Å²) < 4.78 is 22.3. The van der Waals surface area contributed by atoms with Gasteiger partial charge in [-0.05, 0) is 11.4 Å². The largest absolute Gasteiger partial charge is 0.296 e. The average molecular weight is 231 g/mol. The van der Waals surface area contributed by atoms with E-state index < -0.39 is 9.84 Å². The Hall–Kier alpha value is -0.390. The summed E-state index contributed by atoms with van der Waals surface area (Å²) >= 11 is 1.73. The second-order valence-corrected chi connectivity index (χ2v) is 6.84. The van der Waals surface area contributed by atoms with Crippen molar-refractivity contribution in [1.29, 1.82) is 0 Å². The zero-order valence-electron chi connectivity index (χ0n) is 7.85. The minimum Gasteiger partial charge on any atom is -0.296 e. The second-order valence-electron chi connectivity index (χ2n) is 3.51. The minimum absolute atomic E-state index is 0.318. The van der Waals surface area contributed by atoms with Crippen LogP contribution in [-0.2, 0) is 16.4 Å². The van der Waals surface area contributed by atoms with Crippen LogP contribution < -0.4 is 0 Å². The highest BCUT2D eigenvalue weighted by atomic mass is 32.2. The maximum Gasteiger partial charge on any atom is 0.152 e. The zero-order valence-corrected chi connectivity index (χ0v) is 9.48. The van der Waals surface area contributed by atoms with E-state index in [0.29, 0.717) is 24.6 Å². The van der Waals surface area contributed by atoms with Gasteiger partial charge in [0.15, 0.2) is 9.84 Å². The number of nitrogens with zero attached hydrogens (tertiary/aromatic N) is 1. The Morgan fingerprint density at radius 1 is 1.36 bits per heavy atom. The van der Waals surface area contributed by atoms with Gasteiger partial charge >= 0.3 is 0 Å². The number of sulfone groups is 1. The van der Waals surface area contributed by atoms with Gasteiger partial charge in [0.1, 0.15) is 0 Å². The Labute approximate surface area is 88.3 Å². The molecule has 0 N–H and O–H groups in total. The number of hydrogen-bond acceptors (Lipinski definition) is 4. The highest BCUT2D eigenvalue weighted by Gasteiger charge is 2.21. The quantitative estimate of drug-likeness (QED) is 0.761. The molecule has 0 unspecified atom stereocenters. The van der Waals surface area contributed by atoms with Crippen LogP contribution >= 0.6 is 11.3 Å². The lowest BCUT2D eigenvalue weighted by molar-refractivity contribution is 0.290. The Balaban J connectivity index is 1.91. The molecule has 78 valence electrons. The molecule has 0 bridgehead atoms. The molecular weight excluding hydrogens is 218 g/mol. The molecule has 0 aliphatic carbocycles. The van der Waals surface area contributed by atoms with Crippen LogP contribution in [0.5, 0.6) is 0 Å². The van der Waals surface area contributed by atoms with Crippen molar-refractivity contribution in [3.05, 3.63) is 22.4 Å². The maximum absolute atomic E-state index is 11.2. The van der Waals surface area contributed by atoms with Gasteiger partial charge in [-0.2, -0.15) is 0 Å². The zero-order chi connectivity index (χ0) is 10.0. The maximum atomic E-state index is 11.2. The molecule has 3 nitrogen and oxygen atoms in total. The molecule has 1 aliphatic rings. The molecule has 0 atom stereocenters. The van der Waals surface area contributed by atoms with E-state index in [1.54, 1.807) is 11.3 Å². The summed E-state index contributed by atoms with van der Waals surface area (Å²) in [5, 5.41) is 2.05. The molecule has 0 amide bonds. The van der Waals surface area contributed by atoms with Crippen LogP contribution in [0.2, 0.25) is 0 Å². The molecule has 1 aliphatic heterocycles. The first-order valence-corrected chi connectivity index (χ1v) is 7.31. The molecule has 0 saturated carbocycles. The van der Waals surface area contributed by atoms with Gasteiger partial charge in [0.05, 0.1) is 11.5 Å². The van der Waals surface area contributed by atoms with Gasteiger partial charge in [-0.15, -0.1) is 11.3 Å². The first kappa shape index (κ1) is 10.1. The molecule has 0 spiro atoms. The van der Waals surface area contributed by atoms with Gasteiger partial charge in [-0.1, -0.05) is 6.07 Å². The number of rotatable bonds is 2. The van der Waals surface area contributed by atoms with E-state index in [1.165, 1.54) is 4.88 Å². The lowest BCUT2D eigenvalue weighted by Crippen LogP contribution is -2.39. The van der Waals surface area contributed by atoms with E-state index in [0.717, 1.165) is 6.54 Å². The highest BCUT2D eigenvalue weighted by molar-refractivity contribution is 7.91. The fourth-order valence-electron chi connectivity index (χ4n) is 1.53. The molecule has 2 rings (SSSR count). The predicted molar refractivity (Wildman–Crippen MR) is 58.2 cm³/mol. The molecule has 14 heavy (non-hydrogen) atoms. The van der Waals surface area contributed by atoms with Crippen molar-refractivity contribution < 1.29 is 8.42 Å². The molecular formula is C9H13NO2S2. The molecule has 1 saturated heterocycles. The third-order valence-electron chi connectivity index (χ3n) is 2.40. The van der Waals surface area contributed by atoms with Crippen molar-refractivity contribution in [2.75, 3.05) is 24.6 Å². The Morgan fingerprint density at radius 3 is 2.64 bits per heavy atom. The van der Waals surface area contributed by atoms with E-state index in [1.807, 2.05) is 6.07 Å². The Bertz CT molecular complexity index is 369. The van der Waals surface area contributed by atoms with Gasteiger partial charge < -0.3 is 0 Å².